The standard InChI is InChI=1S/C14H25N3S/c1-5-17-8-6-7-13(17)9-15-10(2)14-11(3)18-12(4)16-14/h10,13,15H,5-9H2,1-4H3. The van der Waals surface area contributed by atoms with Gasteiger partial charge in [-0.3, -0.25) is 4.90 Å². The summed E-state index contributed by atoms with van der Waals surface area (Å²) in [4.78, 5) is 8.57. The summed E-state index contributed by atoms with van der Waals surface area (Å²) in [5.74, 6) is 0. The molecular formula is C14H25N3S. The monoisotopic (exact) mass is 267 g/mol. The van der Waals surface area contributed by atoms with Crippen LogP contribution in [0.5, 0.6) is 0 Å². The summed E-state index contributed by atoms with van der Waals surface area (Å²) in [6.07, 6.45) is 2.69. The Morgan fingerprint density at radius 1 is 1.50 bits per heavy atom. The molecule has 4 heteroatoms. The SMILES string of the molecule is CCN1CCCC1CNC(C)c1nc(C)sc1C. The molecule has 1 aliphatic rings. The molecule has 18 heavy (non-hydrogen) atoms. The van der Waals surface area contributed by atoms with E-state index in [1.165, 1.54) is 41.5 Å². The minimum absolute atomic E-state index is 0.370. The van der Waals surface area contributed by atoms with Gasteiger partial charge in [0, 0.05) is 23.5 Å². The van der Waals surface area contributed by atoms with Gasteiger partial charge in [-0.2, -0.15) is 0 Å². The van der Waals surface area contributed by atoms with Gasteiger partial charge < -0.3 is 5.32 Å². The van der Waals surface area contributed by atoms with Gasteiger partial charge in [-0.25, -0.2) is 4.98 Å². The Morgan fingerprint density at radius 2 is 2.28 bits per heavy atom. The van der Waals surface area contributed by atoms with Crippen LogP contribution in [0.1, 0.15) is 48.3 Å². The molecule has 0 aliphatic carbocycles. The maximum Gasteiger partial charge on any atom is 0.0900 e. The fourth-order valence-electron chi connectivity index (χ4n) is 2.90. The summed E-state index contributed by atoms with van der Waals surface area (Å²) in [6, 6.07) is 1.09. The molecule has 0 saturated carbocycles. The summed E-state index contributed by atoms with van der Waals surface area (Å²) in [6.45, 7) is 12.3. The van der Waals surface area contributed by atoms with E-state index in [1.54, 1.807) is 11.3 Å². The Labute approximate surface area is 115 Å². The van der Waals surface area contributed by atoms with E-state index >= 15 is 0 Å². The van der Waals surface area contributed by atoms with E-state index in [0.29, 0.717) is 6.04 Å². The van der Waals surface area contributed by atoms with Crippen molar-refractivity contribution in [1.82, 2.24) is 15.2 Å². The third-order valence-corrected chi connectivity index (χ3v) is 4.82. The lowest BCUT2D eigenvalue weighted by Gasteiger charge is -2.24. The van der Waals surface area contributed by atoms with Crippen molar-refractivity contribution in [3.8, 4) is 0 Å². The molecule has 1 saturated heterocycles. The van der Waals surface area contributed by atoms with Crippen molar-refractivity contribution in [2.24, 2.45) is 0 Å². The molecule has 1 aromatic rings. The predicted octanol–water partition coefficient (Wildman–Crippen LogP) is 2.89. The van der Waals surface area contributed by atoms with Crippen molar-refractivity contribution in [3.63, 3.8) is 0 Å². The number of aromatic nitrogens is 1. The Bertz CT molecular complexity index is 388. The summed E-state index contributed by atoms with van der Waals surface area (Å²) in [5, 5.41) is 4.84. The van der Waals surface area contributed by atoms with Gasteiger partial charge in [0.15, 0.2) is 0 Å². The van der Waals surface area contributed by atoms with Crippen LogP contribution in [0.3, 0.4) is 0 Å². The molecule has 102 valence electrons. The van der Waals surface area contributed by atoms with Crippen LogP contribution in [-0.2, 0) is 0 Å². The van der Waals surface area contributed by atoms with Gasteiger partial charge in [0.1, 0.15) is 0 Å². The van der Waals surface area contributed by atoms with Crippen molar-refractivity contribution >= 4 is 11.3 Å². The molecule has 2 unspecified atom stereocenters. The number of rotatable bonds is 5. The molecule has 0 spiro atoms. The molecule has 0 amide bonds. The van der Waals surface area contributed by atoms with Crippen LogP contribution in [-0.4, -0.2) is 35.6 Å². The Morgan fingerprint density at radius 3 is 2.89 bits per heavy atom. The predicted molar refractivity (Wildman–Crippen MR) is 78.3 cm³/mol. The molecule has 1 aromatic heterocycles. The zero-order valence-corrected chi connectivity index (χ0v) is 12.8. The van der Waals surface area contributed by atoms with Gasteiger partial charge in [-0.15, -0.1) is 11.3 Å². The molecule has 2 atom stereocenters. The van der Waals surface area contributed by atoms with Crippen LogP contribution in [0.25, 0.3) is 0 Å². The fraction of sp³-hybridized carbons (Fsp3) is 0.786. The molecule has 0 radical (unpaired) electrons. The van der Waals surface area contributed by atoms with Gasteiger partial charge in [0.2, 0.25) is 0 Å². The van der Waals surface area contributed by atoms with E-state index in [1.807, 2.05) is 0 Å². The van der Waals surface area contributed by atoms with Crippen LogP contribution in [0.15, 0.2) is 0 Å². The Balaban J connectivity index is 1.88. The lowest BCUT2D eigenvalue weighted by atomic mass is 10.1. The second kappa shape index (κ2) is 6.13. The molecule has 2 heterocycles. The molecule has 0 aromatic carbocycles. The molecule has 2 rings (SSSR count). The maximum atomic E-state index is 4.64. The number of hydrogen-bond donors (Lipinski definition) is 1. The van der Waals surface area contributed by atoms with Gasteiger partial charge in [0.05, 0.1) is 10.7 Å². The van der Waals surface area contributed by atoms with Crippen molar-refractivity contribution in [3.05, 3.63) is 15.6 Å². The Kier molecular flexibility index (Phi) is 4.76. The van der Waals surface area contributed by atoms with E-state index in [4.69, 9.17) is 0 Å². The number of aryl methyl sites for hydroxylation is 2. The number of thiazole rings is 1. The number of nitrogens with one attached hydrogen (secondary N) is 1. The zero-order chi connectivity index (χ0) is 13.1. The highest BCUT2D eigenvalue weighted by Gasteiger charge is 2.23. The van der Waals surface area contributed by atoms with E-state index < -0.39 is 0 Å². The lowest BCUT2D eigenvalue weighted by Crippen LogP contribution is -2.38. The summed E-state index contributed by atoms with van der Waals surface area (Å²) >= 11 is 1.80. The number of likely N-dealkylation sites (tertiary alicyclic amines) is 1. The number of hydrogen-bond acceptors (Lipinski definition) is 4. The van der Waals surface area contributed by atoms with Gasteiger partial charge in [-0.05, 0) is 46.7 Å². The normalized spacial score (nSPS) is 22.6. The maximum absolute atomic E-state index is 4.64. The first kappa shape index (κ1) is 14.0. The van der Waals surface area contributed by atoms with Crippen molar-refractivity contribution in [2.45, 2.75) is 52.6 Å². The van der Waals surface area contributed by atoms with Crippen LogP contribution in [0, 0.1) is 13.8 Å². The van der Waals surface area contributed by atoms with Crippen LogP contribution >= 0.6 is 11.3 Å². The van der Waals surface area contributed by atoms with Gasteiger partial charge in [-0.1, -0.05) is 6.92 Å². The van der Waals surface area contributed by atoms with Crippen molar-refractivity contribution in [1.29, 1.82) is 0 Å². The first-order valence-electron chi connectivity index (χ1n) is 7.03. The average Bonchev–Trinajstić information content (AvgIpc) is 2.92. The van der Waals surface area contributed by atoms with Crippen LogP contribution in [0.2, 0.25) is 0 Å². The minimum Gasteiger partial charge on any atom is -0.307 e. The fourth-order valence-corrected chi connectivity index (χ4v) is 3.81. The molecule has 1 fully saturated rings. The second-order valence-electron chi connectivity index (χ2n) is 5.23. The summed E-state index contributed by atoms with van der Waals surface area (Å²) in [5.41, 5.74) is 1.23. The quantitative estimate of drug-likeness (QED) is 0.889. The van der Waals surface area contributed by atoms with Crippen LogP contribution < -0.4 is 5.32 Å². The first-order valence-corrected chi connectivity index (χ1v) is 7.84. The average molecular weight is 267 g/mol. The highest BCUT2D eigenvalue weighted by atomic mass is 32.1. The first-order chi connectivity index (χ1) is 8.61. The highest BCUT2D eigenvalue weighted by Crippen LogP contribution is 2.23. The third kappa shape index (κ3) is 3.11. The molecule has 1 N–H and O–H groups in total. The number of likely N-dealkylation sites (N-methyl/N-ethyl adjacent to an activating group) is 1. The zero-order valence-electron chi connectivity index (χ0n) is 12.0. The minimum atomic E-state index is 0.370. The van der Waals surface area contributed by atoms with E-state index in [2.05, 4.69) is 42.9 Å². The van der Waals surface area contributed by atoms with E-state index in [9.17, 15) is 0 Å². The second-order valence-corrected chi connectivity index (χ2v) is 6.64. The van der Waals surface area contributed by atoms with Crippen molar-refractivity contribution < 1.29 is 0 Å². The van der Waals surface area contributed by atoms with Gasteiger partial charge in [0.25, 0.3) is 0 Å². The summed E-state index contributed by atoms with van der Waals surface area (Å²) in [7, 11) is 0. The Hall–Kier alpha value is -0.450. The van der Waals surface area contributed by atoms with Crippen molar-refractivity contribution in [2.75, 3.05) is 19.6 Å². The topological polar surface area (TPSA) is 28.2 Å². The third-order valence-electron chi connectivity index (χ3n) is 3.91. The smallest absolute Gasteiger partial charge is 0.0900 e. The van der Waals surface area contributed by atoms with Crippen LogP contribution in [0.4, 0.5) is 0 Å². The largest absolute Gasteiger partial charge is 0.307 e. The molecule has 0 bridgehead atoms. The molecule has 1 aliphatic heterocycles. The number of nitrogens with zero attached hydrogens (tertiary/aromatic N) is 2. The summed E-state index contributed by atoms with van der Waals surface area (Å²) < 4.78 is 0. The van der Waals surface area contributed by atoms with E-state index in [-0.39, 0.29) is 0 Å². The lowest BCUT2D eigenvalue weighted by molar-refractivity contribution is 0.255. The molecule has 3 nitrogen and oxygen atoms in total. The molecular weight excluding hydrogens is 242 g/mol. The van der Waals surface area contributed by atoms with E-state index in [0.717, 1.165) is 12.6 Å². The van der Waals surface area contributed by atoms with Gasteiger partial charge >= 0.3 is 0 Å². The highest BCUT2D eigenvalue weighted by molar-refractivity contribution is 7.11.